The largest absolute Gasteiger partial charge is 0.369 e. The van der Waals surface area contributed by atoms with Crippen molar-refractivity contribution < 1.29 is 9.18 Å². The number of amides is 1. The van der Waals surface area contributed by atoms with Crippen LogP contribution >= 0.6 is 0 Å². The maximum atomic E-state index is 13.7. The number of halogens is 1. The van der Waals surface area contributed by atoms with E-state index in [0.717, 1.165) is 17.5 Å². The molecule has 0 unspecified atom stereocenters. The third-order valence-electron chi connectivity index (χ3n) is 2.71. The predicted molar refractivity (Wildman–Crippen MR) is 62.8 cm³/mol. The van der Waals surface area contributed by atoms with Crippen molar-refractivity contribution in [1.82, 2.24) is 0 Å². The molecule has 0 aliphatic heterocycles. The summed E-state index contributed by atoms with van der Waals surface area (Å²) < 4.78 is 13.7. The Hall–Kier alpha value is -1.38. The number of hydrogen-bond donors (Lipinski definition) is 1. The van der Waals surface area contributed by atoms with Gasteiger partial charge in [-0.1, -0.05) is 26.8 Å². The number of nitrogens with two attached hydrogens (primary N) is 1. The number of benzene rings is 1. The Kier molecular flexibility index (Phi) is 4.05. The van der Waals surface area contributed by atoms with Gasteiger partial charge in [-0.05, 0) is 35.1 Å². The van der Waals surface area contributed by atoms with Gasteiger partial charge in [-0.3, -0.25) is 4.79 Å². The van der Waals surface area contributed by atoms with Crippen molar-refractivity contribution in [1.29, 1.82) is 0 Å². The maximum absolute atomic E-state index is 13.7. The molecular formula is C13H18FNO. The molecule has 0 saturated carbocycles. The van der Waals surface area contributed by atoms with Gasteiger partial charge in [0, 0.05) is 0 Å². The van der Waals surface area contributed by atoms with E-state index in [1.807, 2.05) is 20.8 Å². The zero-order chi connectivity index (χ0) is 12.3. The van der Waals surface area contributed by atoms with Gasteiger partial charge in [-0.2, -0.15) is 0 Å². The molecule has 0 aromatic heterocycles. The minimum Gasteiger partial charge on any atom is -0.369 e. The fourth-order valence-electron chi connectivity index (χ4n) is 2.02. The van der Waals surface area contributed by atoms with Gasteiger partial charge in [0.15, 0.2) is 0 Å². The highest BCUT2D eigenvalue weighted by Crippen LogP contribution is 2.26. The minimum atomic E-state index is -0.415. The first-order valence-corrected chi connectivity index (χ1v) is 5.55. The summed E-state index contributed by atoms with van der Waals surface area (Å²) in [5.74, 6) is -0.605. The van der Waals surface area contributed by atoms with Crippen molar-refractivity contribution in [2.45, 2.75) is 39.5 Å². The molecule has 2 nitrogen and oxygen atoms in total. The first kappa shape index (κ1) is 12.7. The summed E-state index contributed by atoms with van der Waals surface area (Å²) in [6, 6.07) is 3.21. The molecule has 0 heterocycles. The normalized spacial score (nSPS) is 10.8. The predicted octanol–water partition coefficient (Wildman–Crippen LogP) is 2.54. The van der Waals surface area contributed by atoms with Crippen molar-refractivity contribution in [3.63, 3.8) is 0 Å². The van der Waals surface area contributed by atoms with Crippen molar-refractivity contribution >= 4 is 5.91 Å². The molecule has 0 radical (unpaired) electrons. The van der Waals surface area contributed by atoms with E-state index in [2.05, 4.69) is 0 Å². The number of rotatable bonds is 4. The third kappa shape index (κ3) is 2.60. The van der Waals surface area contributed by atoms with E-state index >= 15 is 0 Å². The summed E-state index contributed by atoms with van der Waals surface area (Å²) >= 11 is 0. The zero-order valence-corrected chi connectivity index (χ0v) is 10.0. The lowest BCUT2D eigenvalue weighted by Gasteiger charge is -2.16. The van der Waals surface area contributed by atoms with Crippen LogP contribution in [0, 0.1) is 5.82 Å². The second-order valence-electron chi connectivity index (χ2n) is 4.25. The van der Waals surface area contributed by atoms with Crippen LogP contribution in [0.3, 0.4) is 0 Å². The monoisotopic (exact) mass is 223 g/mol. The lowest BCUT2D eigenvalue weighted by atomic mass is 9.90. The lowest BCUT2D eigenvalue weighted by molar-refractivity contribution is -0.117. The second-order valence-corrected chi connectivity index (χ2v) is 4.25. The Morgan fingerprint density at radius 2 is 2.06 bits per heavy atom. The van der Waals surface area contributed by atoms with Crippen LogP contribution in [0.1, 0.15) is 43.4 Å². The van der Waals surface area contributed by atoms with Gasteiger partial charge in [-0.25, -0.2) is 4.39 Å². The molecule has 88 valence electrons. The Morgan fingerprint density at radius 3 is 2.50 bits per heavy atom. The average molecular weight is 223 g/mol. The second kappa shape index (κ2) is 5.10. The van der Waals surface area contributed by atoms with Crippen molar-refractivity contribution in [2.75, 3.05) is 0 Å². The highest BCUT2D eigenvalue weighted by molar-refractivity contribution is 5.77. The maximum Gasteiger partial charge on any atom is 0.221 e. The molecule has 0 bridgehead atoms. The van der Waals surface area contributed by atoms with Crippen LogP contribution in [0.2, 0.25) is 0 Å². The number of carbonyl (C=O) groups excluding carboxylic acids is 1. The summed E-state index contributed by atoms with van der Waals surface area (Å²) in [6.45, 7) is 5.83. The molecule has 1 aromatic rings. The van der Waals surface area contributed by atoms with E-state index in [9.17, 15) is 9.18 Å². The molecule has 0 aliphatic carbocycles. The molecule has 16 heavy (non-hydrogen) atoms. The van der Waals surface area contributed by atoms with Gasteiger partial charge in [0.25, 0.3) is 0 Å². The summed E-state index contributed by atoms with van der Waals surface area (Å²) in [5.41, 5.74) is 7.60. The van der Waals surface area contributed by atoms with E-state index in [1.165, 1.54) is 6.07 Å². The summed E-state index contributed by atoms with van der Waals surface area (Å²) in [7, 11) is 0. The van der Waals surface area contributed by atoms with Gasteiger partial charge >= 0.3 is 0 Å². The summed E-state index contributed by atoms with van der Waals surface area (Å²) in [4.78, 5) is 11.0. The summed E-state index contributed by atoms with van der Waals surface area (Å²) in [5, 5.41) is 0. The lowest BCUT2D eigenvalue weighted by Crippen LogP contribution is -2.17. The van der Waals surface area contributed by atoms with E-state index in [-0.39, 0.29) is 18.2 Å². The molecule has 0 saturated heterocycles. The first-order chi connectivity index (χ1) is 7.47. The van der Waals surface area contributed by atoms with Crippen LogP contribution in [0.25, 0.3) is 0 Å². The highest BCUT2D eigenvalue weighted by Gasteiger charge is 2.16. The number of primary amides is 1. The zero-order valence-electron chi connectivity index (χ0n) is 10.0. The smallest absolute Gasteiger partial charge is 0.221 e. The Balaban J connectivity index is 3.36. The van der Waals surface area contributed by atoms with Gasteiger partial charge in [0.2, 0.25) is 5.91 Å². The molecule has 3 heteroatoms. The fraction of sp³-hybridized carbons (Fsp3) is 0.462. The Labute approximate surface area is 95.7 Å². The molecule has 1 aromatic carbocycles. The molecule has 1 amide bonds. The van der Waals surface area contributed by atoms with Gasteiger partial charge in [0.1, 0.15) is 5.82 Å². The SMILES string of the molecule is CCc1ccc(F)c(C(C)C)c1CC(N)=O. The average Bonchev–Trinajstić information content (AvgIpc) is 2.16. The van der Waals surface area contributed by atoms with Crippen molar-refractivity contribution in [3.8, 4) is 0 Å². The highest BCUT2D eigenvalue weighted by atomic mass is 19.1. The molecule has 0 fully saturated rings. The molecule has 1 rings (SSSR count). The van der Waals surface area contributed by atoms with Crippen LogP contribution in [0.4, 0.5) is 4.39 Å². The van der Waals surface area contributed by atoms with E-state index in [4.69, 9.17) is 5.73 Å². The minimum absolute atomic E-state index is 0.0563. The Morgan fingerprint density at radius 1 is 1.44 bits per heavy atom. The number of aryl methyl sites for hydroxylation is 1. The molecule has 0 aliphatic rings. The number of carbonyl (C=O) groups is 1. The van der Waals surface area contributed by atoms with Crippen LogP contribution in [-0.2, 0) is 17.6 Å². The van der Waals surface area contributed by atoms with Crippen molar-refractivity contribution in [2.24, 2.45) is 5.73 Å². The van der Waals surface area contributed by atoms with E-state index in [0.29, 0.717) is 5.56 Å². The first-order valence-electron chi connectivity index (χ1n) is 5.55. The molecule has 2 N–H and O–H groups in total. The van der Waals surface area contributed by atoms with Gasteiger partial charge < -0.3 is 5.73 Å². The van der Waals surface area contributed by atoms with Crippen molar-refractivity contribution in [3.05, 3.63) is 34.6 Å². The van der Waals surface area contributed by atoms with Gasteiger partial charge in [0.05, 0.1) is 6.42 Å². The Bertz CT molecular complexity index is 399. The van der Waals surface area contributed by atoms with E-state index in [1.54, 1.807) is 6.07 Å². The van der Waals surface area contributed by atoms with Gasteiger partial charge in [-0.15, -0.1) is 0 Å². The van der Waals surface area contributed by atoms with Crippen LogP contribution in [0.5, 0.6) is 0 Å². The fourth-order valence-corrected chi connectivity index (χ4v) is 2.02. The standard InChI is InChI=1S/C13H18FNO/c1-4-9-5-6-11(14)13(8(2)3)10(9)7-12(15)16/h5-6,8H,4,7H2,1-3H3,(H2,15,16). The third-order valence-corrected chi connectivity index (χ3v) is 2.71. The topological polar surface area (TPSA) is 43.1 Å². The van der Waals surface area contributed by atoms with Crippen LogP contribution in [0.15, 0.2) is 12.1 Å². The van der Waals surface area contributed by atoms with Crippen LogP contribution in [-0.4, -0.2) is 5.91 Å². The molecular weight excluding hydrogens is 205 g/mol. The molecule has 0 spiro atoms. The quantitative estimate of drug-likeness (QED) is 0.837. The molecule has 0 atom stereocenters. The van der Waals surface area contributed by atoms with E-state index < -0.39 is 5.91 Å². The summed E-state index contributed by atoms with van der Waals surface area (Å²) in [6.07, 6.45) is 0.900. The van der Waals surface area contributed by atoms with Crippen LogP contribution < -0.4 is 5.73 Å². The number of hydrogen-bond acceptors (Lipinski definition) is 1.